The summed E-state index contributed by atoms with van der Waals surface area (Å²) in [5.41, 5.74) is 6.84. The first kappa shape index (κ1) is 9.02. The number of nitrogen functional groups attached to an aromatic ring is 1. The third-order valence-electron chi connectivity index (χ3n) is 2.06. The zero-order chi connectivity index (χ0) is 10.3. The molecule has 0 aliphatic carbocycles. The molecule has 72 valence electrons. The molecule has 5 heteroatoms. The fraction of sp³-hybridized carbons (Fsp3) is 0.111. The van der Waals surface area contributed by atoms with E-state index in [1.807, 2.05) is 13.0 Å². The number of imidazole rings is 1. The van der Waals surface area contributed by atoms with Crippen molar-refractivity contribution in [3.63, 3.8) is 0 Å². The van der Waals surface area contributed by atoms with Gasteiger partial charge in [0, 0.05) is 0 Å². The zero-order valence-corrected chi connectivity index (χ0v) is 8.34. The average molecular weight is 209 g/mol. The van der Waals surface area contributed by atoms with Gasteiger partial charge in [-0.1, -0.05) is 17.7 Å². The van der Waals surface area contributed by atoms with Crippen molar-refractivity contribution in [2.24, 2.45) is 5.73 Å². The Labute approximate surface area is 85.8 Å². The van der Waals surface area contributed by atoms with E-state index in [1.54, 1.807) is 16.5 Å². The number of halogens is 1. The molecule has 0 fully saturated rings. The van der Waals surface area contributed by atoms with E-state index in [0.29, 0.717) is 10.8 Å². The Morgan fingerprint density at radius 3 is 2.93 bits per heavy atom. The van der Waals surface area contributed by atoms with Crippen LogP contribution >= 0.6 is 11.6 Å². The van der Waals surface area contributed by atoms with Crippen molar-refractivity contribution in [2.75, 3.05) is 0 Å². The topological polar surface area (TPSA) is 67.2 Å². The molecular weight excluding hydrogens is 200 g/mol. The number of fused-ring (bicyclic) bond motifs is 1. The van der Waals surface area contributed by atoms with Gasteiger partial charge in [-0.25, -0.2) is 4.98 Å². The van der Waals surface area contributed by atoms with E-state index >= 15 is 0 Å². The molecule has 2 aromatic heterocycles. The number of aromatic nitrogens is 2. The van der Waals surface area contributed by atoms with Crippen LogP contribution in [0.2, 0.25) is 5.15 Å². The number of nitrogens with zero attached hydrogens (tertiary/aromatic N) is 2. The van der Waals surface area contributed by atoms with E-state index in [4.69, 9.17) is 22.7 Å². The normalized spacial score (nSPS) is 10.7. The number of pyridine rings is 1. The molecule has 0 saturated heterocycles. The fourth-order valence-corrected chi connectivity index (χ4v) is 1.75. The second-order valence-corrected chi connectivity index (χ2v) is 3.35. The number of hydrogen-bond acceptors (Lipinski definition) is 2. The van der Waals surface area contributed by atoms with Crippen molar-refractivity contribution in [3.8, 4) is 0 Å². The highest BCUT2D eigenvalue weighted by Gasteiger charge is 2.10. The quantitative estimate of drug-likeness (QED) is 0.552. The third kappa shape index (κ3) is 1.15. The second kappa shape index (κ2) is 2.99. The molecule has 0 radical (unpaired) electrons. The Balaban J connectivity index is 2.92. The molecule has 14 heavy (non-hydrogen) atoms. The molecule has 0 aromatic carbocycles. The van der Waals surface area contributed by atoms with E-state index in [-0.39, 0.29) is 5.84 Å². The molecule has 4 nitrogen and oxygen atoms in total. The van der Waals surface area contributed by atoms with Gasteiger partial charge >= 0.3 is 0 Å². The molecular formula is C9H9ClN4. The van der Waals surface area contributed by atoms with E-state index in [1.165, 1.54) is 0 Å². The summed E-state index contributed by atoms with van der Waals surface area (Å²) in [5, 5.41) is 7.85. The first-order chi connectivity index (χ1) is 6.61. The van der Waals surface area contributed by atoms with Crippen LogP contribution in [0.5, 0.6) is 0 Å². The van der Waals surface area contributed by atoms with Gasteiger partial charge in [-0.2, -0.15) is 0 Å². The molecule has 0 saturated carbocycles. The van der Waals surface area contributed by atoms with Gasteiger partial charge in [0.1, 0.15) is 11.7 Å². The predicted molar refractivity (Wildman–Crippen MR) is 56.0 cm³/mol. The minimum Gasteiger partial charge on any atom is -0.382 e. The summed E-state index contributed by atoms with van der Waals surface area (Å²) in [7, 11) is 0. The SMILES string of the molecule is Cc1nc(Cl)c2cccc(C(=N)N)n12. The van der Waals surface area contributed by atoms with Gasteiger partial charge in [0.15, 0.2) is 5.15 Å². The van der Waals surface area contributed by atoms with Gasteiger partial charge in [-0.15, -0.1) is 0 Å². The minimum atomic E-state index is 0.00719. The van der Waals surface area contributed by atoms with Gasteiger partial charge in [0.2, 0.25) is 0 Å². The van der Waals surface area contributed by atoms with Gasteiger partial charge in [0.25, 0.3) is 0 Å². The van der Waals surface area contributed by atoms with Crippen LogP contribution in [0.3, 0.4) is 0 Å². The van der Waals surface area contributed by atoms with Gasteiger partial charge < -0.3 is 5.73 Å². The van der Waals surface area contributed by atoms with E-state index in [9.17, 15) is 0 Å². The second-order valence-electron chi connectivity index (χ2n) is 3.00. The van der Waals surface area contributed by atoms with Crippen molar-refractivity contribution in [1.29, 1.82) is 5.41 Å². The number of amidine groups is 1. The van der Waals surface area contributed by atoms with Crippen LogP contribution in [0.15, 0.2) is 18.2 Å². The maximum Gasteiger partial charge on any atom is 0.155 e. The van der Waals surface area contributed by atoms with Gasteiger partial charge in [0.05, 0.1) is 11.2 Å². The highest BCUT2D eigenvalue weighted by atomic mass is 35.5. The molecule has 2 aromatic rings. The van der Waals surface area contributed by atoms with Gasteiger partial charge in [-0.05, 0) is 19.1 Å². The minimum absolute atomic E-state index is 0.00719. The van der Waals surface area contributed by atoms with Crippen molar-refractivity contribution in [3.05, 3.63) is 34.9 Å². The monoisotopic (exact) mass is 208 g/mol. The number of aryl methyl sites for hydroxylation is 1. The van der Waals surface area contributed by atoms with Crippen LogP contribution in [0.1, 0.15) is 11.5 Å². The summed E-state index contributed by atoms with van der Waals surface area (Å²) in [6, 6.07) is 5.41. The number of rotatable bonds is 1. The molecule has 0 aliphatic rings. The molecule has 2 rings (SSSR count). The van der Waals surface area contributed by atoms with Crippen molar-refractivity contribution in [1.82, 2.24) is 9.38 Å². The largest absolute Gasteiger partial charge is 0.382 e. The summed E-state index contributed by atoms with van der Waals surface area (Å²) >= 11 is 5.91. The maximum absolute atomic E-state index is 7.41. The summed E-state index contributed by atoms with van der Waals surface area (Å²) in [5.74, 6) is 0.739. The molecule has 2 heterocycles. The number of nitrogens with one attached hydrogen (secondary N) is 1. The van der Waals surface area contributed by atoms with E-state index < -0.39 is 0 Å². The lowest BCUT2D eigenvalue weighted by atomic mass is 10.3. The average Bonchev–Trinajstić information content (AvgIpc) is 2.43. The molecule has 0 amide bonds. The summed E-state index contributed by atoms with van der Waals surface area (Å²) in [6.07, 6.45) is 0. The lowest BCUT2D eigenvalue weighted by molar-refractivity contribution is 1.03. The Hall–Kier alpha value is -1.55. The Morgan fingerprint density at radius 2 is 2.29 bits per heavy atom. The number of nitrogens with two attached hydrogens (primary N) is 1. The highest BCUT2D eigenvalue weighted by molar-refractivity contribution is 6.32. The van der Waals surface area contributed by atoms with Crippen LogP contribution in [0.25, 0.3) is 5.52 Å². The molecule has 0 atom stereocenters. The summed E-state index contributed by atoms with van der Waals surface area (Å²) in [6.45, 7) is 1.82. The highest BCUT2D eigenvalue weighted by Crippen LogP contribution is 2.19. The Bertz CT molecular complexity index is 515. The van der Waals surface area contributed by atoms with Crippen LogP contribution in [-0.4, -0.2) is 15.2 Å². The summed E-state index contributed by atoms with van der Waals surface area (Å²) < 4.78 is 1.77. The molecule has 0 unspecified atom stereocenters. The zero-order valence-electron chi connectivity index (χ0n) is 7.58. The predicted octanol–water partition coefficient (Wildman–Crippen LogP) is 1.58. The molecule has 3 N–H and O–H groups in total. The van der Waals surface area contributed by atoms with Crippen LogP contribution in [-0.2, 0) is 0 Å². The Morgan fingerprint density at radius 1 is 1.57 bits per heavy atom. The smallest absolute Gasteiger partial charge is 0.155 e. The van der Waals surface area contributed by atoms with Crippen molar-refractivity contribution >= 4 is 23.0 Å². The van der Waals surface area contributed by atoms with Crippen molar-refractivity contribution in [2.45, 2.75) is 6.92 Å². The standard InChI is InChI=1S/C9H9ClN4/c1-5-13-8(10)6-3-2-4-7(9(11)12)14(5)6/h2-4H,1H3,(H3,11,12). The third-order valence-corrected chi connectivity index (χ3v) is 2.34. The summed E-state index contributed by atoms with van der Waals surface area (Å²) in [4.78, 5) is 4.11. The molecule has 0 aliphatic heterocycles. The lowest BCUT2D eigenvalue weighted by Crippen LogP contribution is -2.15. The van der Waals surface area contributed by atoms with Crippen LogP contribution < -0.4 is 5.73 Å². The number of hydrogen-bond donors (Lipinski definition) is 2. The Kier molecular flexibility index (Phi) is 1.93. The first-order valence-electron chi connectivity index (χ1n) is 4.09. The maximum atomic E-state index is 7.41. The van der Waals surface area contributed by atoms with Crippen molar-refractivity contribution < 1.29 is 0 Å². The fourth-order valence-electron chi connectivity index (χ4n) is 1.48. The molecule has 0 bridgehead atoms. The van der Waals surface area contributed by atoms with Gasteiger partial charge in [-0.3, -0.25) is 9.81 Å². The molecule has 0 spiro atoms. The van der Waals surface area contributed by atoms with Crippen LogP contribution in [0.4, 0.5) is 0 Å². The van der Waals surface area contributed by atoms with E-state index in [2.05, 4.69) is 4.98 Å². The van der Waals surface area contributed by atoms with E-state index in [0.717, 1.165) is 11.3 Å². The lowest BCUT2D eigenvalue weighted by Gasteiger charge is -2.04. The van der Waals surface area contributed by atoms with Crippen LogP contribution in [0, 0.1) is 12.3 Å². The first-order valence-corrected chi connectivity index (χ1v) is 4.47.